The minimum absolute atomic E-state index is 0.144. The number of ether oxygens (including phenoxy) is 3. The fourth-order valence-corrected chi connectivity index (χ4v) is 3.22. The minimum Gasteiger partial charge on any atom is -0.481 e. The van der Waals surface area contributed by atoms with Gasteiger partial charge >= 0.3 is 12.1 Å². The van der Waals surface area contributed by atoms with Crippen molar-refractivity contribution >= 4 is 12.1 Å². The number of benzene rings is 1. The van der Waals surface area contributed by atoms with Crippen LogP contribution in [0.3, 0.4) is 0 Å². The molecule has 0 saturated carbocycles. The smallest absolute Gasteiger partial charge is 0.410 e. The van der Waals surface area contributed by atoms with Gasteiger partial charge in [0.15, 0.2) is 11.5 Å². The zero-order valence-electron chi connectivity index (χ0n) is 14.7. The van der Waals surface area contributed by atoms with E-state index < -0.39 is 23.1 Å². The lowest BCUT2D eigenvalue weighted by molar-refractivity contribution is -0.146. The molecule has 1 saturated heterocycles. The van der Waals surface area contributed by atoms with Gasteiger partial charge in [-0.1, -0.05) is 6.07 Å². The lowest BCUT2D eigenvalue weighted by Crippen LogP contribution is -2.50. The number of hydrogen-bond donors (Lipinski definition) is 1. The Bertz CT molecular complexity index is 685. The van der Waals surface area contributed by atoms with E-state index in [9.17, 15) is 14.7 Å². The zero-order valence-corrected chi connectivity index (χ0v) is 14.7. The van der Waals surface area contributed by atoms with E-state index in [1.807, 2.05) is 20.8 Å². The van der Waals surface area contributed by atoms with Gasteiger partial charge in [-0.2, -0.15) is 0 Å². The Labute approximate surface area is 146 Å². The highest BCUT2D eigenvalue weighted by Gasteiger charge is 2.45. The Balaban J connectivity index is 1.78. The minimum atomic E-state index is -1.04. The lowest BCUT2D eigenvalue weighted by Gasteiger charge is -2.39. The second-order valence-corrected chi connectivity index (χ2v) is 7.42. The molecule has 0 aliphatic carbocycles. The predicted octanol–water partition coefficient (Wildman–Crippen LogP) is 2.77. The highest BCUT2D eigenvalue weighted by Crippen LogP contribution is 2.41. The maximum Gasteiger partial charge on any atom is 0.410 e. The molecule has 0 atom stereocenters. The molecule has 0 aromatic heterocycles. The van der Waals surface area contributed by atoms with Gasteiger partial charge in [-0.25, -0.2) is 4.79 Å². The van der Waals surface area contributed by atoms with Crippen molar-refractivity contribution in [1.82, 2.24) is 4.90 Å². The molecule has 0 spiro atoms. The summed E-state index contributed by atoms with van der Waals surface area (Å²) in [5, 5.41) is 9.90. The van der Waals surface area contributed by atoms with Crippen molar-refractivity contribution in [2.24, 2.45) is 0 Å². The van der Waals surface area contributed by atoms with Crippen molar-refractivity contribution in [1.29, 1.82) is 0 Å². The number of carboxylic acids is 1. The summed E-state index contributed by atoms with van der Waals surface area (Å²) in [5.41, 5.74) is -0.942. The van der Waals surface area contributed by atoms with Gasteiger partial charge < -0.3 is 24.2 Å². The van der Waals surface area contributed by atoms with Crippen LogP contribution in [-0.2, 0) is 14.9 Å². The predicted molar refractivity (Wildman–Crippen MR) is 88.9 cm³/mol. The number of hydrogen-bond acceptors (Lipinski definition) is 5. The maximum atomic E-state index is 12.2. The Hall–Kier alpha value is -2.44. The second-order valence-electron chi connectivity index (χ2n) is 7.42. The normalized spacial score (nSPS) is 18.8. The van der Waals surface area contributed by atoms with E-state index in [0.29, 0.717) is 43.0 Å². The van der Waals surface area contributed by atoms with E-state index in [-0.39, 0.29) is 6.79 Å². The van der Waals surface area contributed by atoms with Gasteiger partial charge in [0.1, 0.15) is 5.60 Å². The summed E-state index contributed by atoms with van der Waals surface area (Å²) in [6.07, 6.45) is 0.236. The number of carbonyl (C=O) groups excluding carboxylic acids is 1. The van der Waals surface area contributed by atoms with E-state index in [1.165, 1.54) is 0 Å². The highest BCUT2D eigenvalue weighted by molar-refractivity contribution is 5.82. The standard InChI is InChI=1S/C18H23NO6/c1-17(2,3)25-16(22)19-8-6-18(7-9-19,15(20)21)12-4-5-13-14(10-12)24-11-23-13/h4-5,10H,6-9,11H2,1-3H3,(H,20,21). The Morgan fingerprint density at radius 1 is 1.16 bits per heavy atom. The molecular formula is C18H23NO6. The first kappa shape index (κ1) is 17.4. The summed E-state index contributed by atoms with van der Waals surface area (Å²) in [6.45, 7) is 6.23. The quantitative estimate of drug-likeness (QED) is 0.884. The van der Waals surface area contributed by atoms with Crippen LogP contribution in [0.2, 0.25) is 0 Å². The second kappa shape index (κ2) is 6.13. The van der Waals surface area contributed by atoms with Gasteiger partial charge in [-0.05, 0) is 51.3 Å². The molecule has 136 valence electrons. The number of fused-ring (bicyclic) bond motifs is 1. The number of likely N-dealkylation sites (tertiary alicyclic amines) is 1. The summed E-state index contributed by atoms with van der Waals surface area (Å²) >= 11 is 0. The molecule has 7 heteroatoms. The highest BCUT2D eigenvalue weighted by atomic mass is 16.7. The molecule has 0 bridgehead atoms. The van der Waals surface area contributed by atoms with Crippen LogP contribution in [0.4, 0.5) is 4.79 Å². The maximum absolute atomic E-state index is 12.2. The molecule has 1 aromatic carbocycles. The Kier molecular flexibility index (Phi) is 4.26. The van der Waals surface area contributed by atoms with Crippen LogP contribution in [0.15, 0.2) is 18.2 Å². The fourth-order valence-electron chi connectivity index (χ4n) is 3.22. The lowest BCUT2D eigenvalue weighted by atomic mass is 9.72. The average molecular weight is 349 g/mol. The van der Waals surface area contributed by atoms with Gasteiger partial charge in [0, 0.05) is 13.1 Å². The van der Waals surface area contributed by atoms with Gasteiger partial charge in [0.05, 0.1) is 5.41 Å². The first-order chi connectivity index (χ1) is 11.7. The molecule has 0 radical (unpaired) electrons. The molecule has 0 unspecified atom stereocenters. The summed E-state index contributed by atoms with van der Waals surface area (Å²) in [7, 11) is 0. The van der Waals surface area contributed by atoms with Crippen LogP contribution in [-0.4, -0.2) is 47.6 Å². The molecule has 2 heterocycles. The number of aliphatic carboxylic acids is 1. The number of amides is 1. The molecule has 1 amide bonds. The van der Waals surface area contributed by atoms with Crippen molar-refractivity contribution in [2.75, 3.05) is 19.9 Å². The first-order valence-corrected chi connectivity index (χ1v) is 8.33. The van der Waals surface area contributed by atoms with E-state index in [4.69, 9.17) is 14.2 Å². The average Bonchev–Trinajstić information content (AvgIpc) is 3.00. The third-order valence-corrected chi connectivity index (χ3v) is 4.60. The van der Waals surface area contributed by atoms with E-state index in [0.717, 1.165) is 0 Å². The molecule has 3 rings (SSSR count). The molecule has 1 N–H and O–H groups in total. The van der Waals surface area contributed by atoms with Gasteiger partial charge in [0.2, 0.25) is 6.79 Å². The van der Waals surface area contributed by atoms with Crippen molar-refractivity contribution < 1.29 is 28.9 Å². The van der Waals surface area contributed by atoms with Crippen LogP contribution in [0.25, 0.3) is 0 Å². The number of piperidine rings is 1. The number of nitrogens with zero attached hydrogens (tertiary/aromatic N) is 1. The van der Waals surface area contributed by atoms with Gasteiger partial charge in [0.25, 0.3) is 0 Å². The monoisotopic (exact) mass is 349 g/mol. The SMILES string of the molecule is CC(C)(C)OC(=O)N1CCC(C(=O)O)(c2ccc3c(c2)OCO3)CC1. The first-order valence-electron chi connectivity index (χ1n) is 8.33. The van der Waals surface area contributed by atoms with Gasteiger partial charge in [-0.15, -0.1) is 0 Å². The van der Waals surface area contributed by atoms with Crippen molar-refractivity contribution in [2.45, 2.75) is 44.6 Å². The van der Waals surface area contributed by atoms with Crippen LogP contribution >= 0.6 is 0 Å². The fraction of sp³-hybridized carbons (Fsp3) is 0.556. The van der Waals surface area contributed by atoms with Crippen LogP contribution < -0.4 is 9.47 Å². The number of rotatable bonds is 2. The molecule has 2 aliphatic heterocycles. The third-order valence-electron chi connectivity index (χ3n) is 4.60. The number of carbonyl (C=O) groups is 2. The Morgan fingerprint density at radius 3 is 2.40 bits per heavy atom. The molecule has 1 aromatic rings. The van der Waals surface area contributed by atoms with Crippen molar-refractivity contribution in [3.05, 3.63) is 23.8 Å². The van der Waals surface area contributed by atoms with E-state index in [2.05, 4.69) is 0 Å². The largest absolute Gasteiger partial charge is 0.481 e. The van der Waals surface area contributed by atoms with E-state index in [1.54, 1.807) is 23.1 Å². The summed E-state index contributed by atoms with van der Waals surface area (Å²) in [6, 6.07) is 5.24. The summed E-state index contributed by atoms with van der Waals surface area (Å²) in [4.78, 5) is 25.8. The summed E-state index contributed by atoms with van der Waals surface area (Å²) in [5.74, 6) is 0.290. The third kappa shape index (κ3) is 3.36. The van der Waals surface area contributed by atoms with E-state index >= 15 is 0 Å². The molecule has 2 aliphatic rings. The molecule has 7 nitrogen and oxygen atoms in total. The van der Waals surface area contributed by atoms with Crippen molar-refractivity contribution in [3.8, 4) is 11.5 Å². The van der Waals surface area contributed by atoms with Crippen LogP contribution in [0, 0.1) is 0 Å². The molecule has 25 heavy (non-hydrogen) atoms. The molecule has 1 fully saturated rings. The van der Waals surface area contributed by atoms with Crippen LogP contribution in [0.1, 0.15) is 39.2 Å². The van der Waals surface area contributed by atoms with Crippen LogP contribution in [0.5, 0.6) is 11.5 Å². The van der Waals surface area contributed by atoms with Crippen molar-refractivity contribution in [3.63, 3.8) is 0 Å². The topological polar surface area (TPSA) is 85.3 Å². The van der Waals surface area contributed by atoms with Gasteiger partial charge in [-0.3, -0.25) is 4.79 Å². The number of carboxylic acid groups (broad SMARTS) is 1. The molecular weight excluding hydrogens is 326 g/mol. The summed E-state index contributed by atoms with van der Waals surface area (Å²) < 4.78 is 16.0. The Morgan fingerprint density at radius 2 is 1.80 bits per heavy atom. The zero-order chi connectivity index (χ0) is 18.2.